The van der Waals surface area contributed by atoms with Gasteiger partial charge in [0.15, 0.2) is 0 Å². The second-order valence-corrected chi connectivity index (χ2v) is 5.52. The van der Waals surface area contributed by atoms with Crippen LogP contribution in [0.5, 0.6) is 0 Å². The number of nitrogens with one attached hydrogen (secondary N) is 1. The van der Waals surface area contributed by atoms with Gasteiger partial charge >= 0.3 is 6.03 Å². The number of rotatable bonds is 6. The Morgan fingerprint density at radius 2 is 2.26 bits per heavy atom. The van der Waals surface area contributed by atoms with Crippen LogP contribution in [0, 0.1) is 0 Å². The number of aliphatic hydroxyl groups is 1. The van der Waals surface area contributed by atoms with Crippen LogP contribution >= 0.6 is 15.9 Å². The van der Waals surface area contributed by atoms with Crippen LogP contribution in [0.15, 0.2) is 28.7 Å². The summed E-state index contributed by atoms with van der Waals surface area (Å²) in [6.07, 6.45) is 1.82. The Bertz CT molecular complexity index is 412. The summed E-state index contributed by atoms with van der Waals surface area (Å²) in [5.74, 6) is 0. The number of hydrogen-bond acceptors (Lipinski definition) is 2. The zero-order chi connectivity index (χ0) is 14.3. The summed E-state index contributed by atoms with van der Waals surface area (Å²) >= 11 is 3.44. The van der Waals surface area contributed by atoms with E-state index in [1.807, 2.05) is 12.1 Å². The summed E-state index contributed by atoms with van der Waals surface area (Å²) in [6.45, 7) is 2.41. The number of nitrogens with zero attached hydrogens (tertiary/aromatic N) is 1. The van der Waals surface area contributed by atoms with Crippen molar-refractivity contribution in [3.8, 4) is 0 Å². The third-order valence-electron chi connectivity index (χ3n) is 3.05. The number of carbonyl (C=O) groups excluding carboxylic acids is 1. The maximum absolute atomic E-state index is 11.7. The van der Waals surface area contributed by atoms with E-state index < -0.39 is 0 Å². The number of aryl methyl sites for hydroxylation is 1. The summed E-state index contributed by atoms with van der Waals surface area (Å²) in [7, 11) is 1.69. The van der Waals surface area contributed by atoms with Crippen LogP contribution < -0.4 is 5.32 Å². The molecule has 106 valence electrons. The highest BCUT2D eigenvalue weighted by molar-refractivity contribution is 9.10. The number of hydrogen-bond donors (Lipinski definition) is 2. The smallest absolute Gasteiger partial charge is 0.317 e. The molecule has 1 aromatic rings. The minimum absolute atomic E-state index is 0.0258. The van der Waals surface area contributed by atoms with Gasteiger partial charge in [0.2, 0.25) is 0 Å². The first-order valence-electron chi connectivity index (χ1n) is 6.40. The number of benzene rings is 1. The van der Waals surface area contributed by atoms with Crippen LogP contribution in [-0.2, 0) is 6.42 Å². The van der Waals surface area contributed by atoms with Gasteiger partial charge in [0.25, 0.3) is 0 Å². The van der Waals surface area contributed by atoms with Gasteiger partial charge in [-0.2, -0.15) is 0 Å². The van der Waals surface area contributed by atoms with Crippen LogP contribution in [0.1, 0.15) is 18.9 Å². The predicted octanol–water partition coefficient (Wildman–Crippen LogP) is 2.40. The summed E-state index contributed by atoms with van der Waals surface area (Å²) in [4.78, 5) is 13.2. The molecule has 0 saturated carbocycles. The fourth-order valence-corrected chi connectivity index (χ4v) is 2.07. The normalized spacial score (nSPS) is 12.0. The van der Waals surface area contributed by atoms with Gasteiger partial charge < -0.3 is 15.3 Å². The van der Waals surface area contributed by atoms with E-state index in [2.05, 4.69) is 33.4 Å². The maximum atomic E-state index is 11.7. The Balaban J connectivity index is 2.26. The third-order valence-corrected chi connectivity index (χ3v) is 3.55. The first-order chi connectivity index (χ1) is 9.04. The van der Waals surface area contributed by atoms with Gasteiger partial charge in [-0.05, 0) is 37.5 Å². The number of amides is 2. The van der Waals surface area contributed by atoms with Gasteiger partial charge in [-0.25, -0.2) is 4.79 Å². The number of aliphatic hydroxyl groups excluding tert-OH is 1. The average molecular weight is 329 g/mol. The molecular weight excluding hydrogens is 308 g/mol. The maximum Gasteiger partial charge on any atom is 0.317 e. The Morgan fingerprint density at radius 1 is 1.53 bits per heavy atom. The second kappa shape index (κ2) is 8.17. The topological polar surface area (TPSA) is 52.6 Å². The number of halogens is 1. The fraction of sp³-hybridized carbons (Fsp3) is 0.500. The summed E-state index contributed by atoms with van der Waals surface area (Å²) < 4.78 is 1.07. The fourth-order valence-electron chi connectivity index (χ4n) is 1.63. The van der Waals surface area contributed by atoms with E-state index in [4.69, 9.17) is 5.11 Å². The van der Waals surface area contributed by atoms with Crippen molar-refractivity contribution < 1.29 is 9.90 Å². The molecule has 0 saturated heterocycles. The van der Waals surface area contributed by atoms with Gasteiger partial charge in [-0.1, -0.05) is 28.1 Å². The Hall–Kier alpha value is -1.07. The molecule has 0 aliphatic carbocycles. The molecular formula is C14H21BrN2O2. The van der Waals surface area contributed by atoms with Crippen molar-refractivity contribution in [1.82, 2.24) is 10.2 Å². The monoisotopic (exact) mass is 328 g/mol. The quantitative estimate of drug-likeness (QED) is 0.788. The first kappa shape index (κ1) is 16.0. The zero-order valence-corrected chi connectivity index (χ0v) is 13.0. The zero-order valence-electron chi connectivity index (χ0n) is 11.4. The van der Waals surface area contributed by atoms with E-state index >= 15 is 0 Å². The molecule has 2 amide bonds. The van der Waals surface area contributed by atoms with Crippen LogP contribution in [0.25, 0.3) is 0 Å². The van der Waals surface area contributed by atoms with E-state index in [1.165, 1.54) is 10.5 Å². The van der Waals surface area contributed by atoms with Gasteiger partial charge in [0, 0.05) is 18.1 Å². The Labute approximate surface area is 122 Å². The molecule has 19 heavy (non-hydrogen) atoms. The highest BCUT2D eigenvalue weighted by Crippen LogP contribution is 2.12. The lowest BCUT2D eigenvalue weighted by Crippen LogP contribution is -2.44. The second-order valence-electron chi connectivity index (χ2n) is 4.61. The average Bonchev–Trinajstić information content (AvgIpc) is 2.41. The van der Waals surface area contributed by atoms with Crippen LogP contribution in [0.2, 0.25) is 0 Å². The molecule has 0 radical (unpaired) electrons. The Morgan fingerprint density at radius 3 is 2.89 bits per heavy atom. The van der Waals surface area contributed by atoms with Crippen LogP contribution in [0.4, 0.5) is 4.79 Å². The van der Waals surface area contributed by atoms with Crippen molar-refractivity contribution in [2.75, 3.05) is 20.2 Å². The highest BCUT2D eigenvalue weighted by atomic mass is 79.9. The van der Waals surface area contributed by atoms with Crippen molar-refractivity contribution in [3.63, 3.8) is 0 Å². The van der Waals surface area contributed by atoms with Crippen LogP contribution in [0.3, 0.4) is 0 Å². The Kier molecular flexibility index (Phi) is 6.87. The minimum atomic E-state index is -0.162. The molecule has 1 atom stereocenters. The van der Waals surface area contributed by atoms with E-state index in [0.717, 1.165) is 17.3 Å². The minimum Gasteiger partial charge on any atom is -0.394 e. The molecule has 0 aliphatic rings. The molecule has 1 rings (SSSR count). The number of carbonyl (C=O) groups is 1. The van der Waals surface area contributed by atoms with Crippen molar-refractivity contribution >= 4 is 22.0 Å². The van der Waals surface area contributed by atoms with E-state index in [9.17, 15) is 4.79 Å². The number of likely N-dealkylation sites (N-methyl/N-ethyl adjacent to an activating group) is 1. The molecule has 2 N–H and O–H groups in total. The molecule has 4 nitrogen and oxygen atoms in total. The molecule has 0 heterocycles. The predicted molar refractivity (Wildman–Crippen MR) is 80.2 cm³/mol. The van der Waals surface area contributed by atoms with E-state index in [1.54, 1.807) is 14.0 Å². The standard InChI is InChI=1S/C14H21BrN2O2/c1-11(10-18)17(2)14(19)16-8-4-6-12-5-3-7-13(15)9-12/h3,5,7,9,11,18H,4,6,8,10H2,1-2H3,(H,16,19). The van der Waals surface area contributed by atoms with Crippen molar-refractivity contribution in [3.05, 3.63) is 34.3 Å². The summed E-state index contributed by atoms with van der Waals surface area (Å²) in [5, 5.41) is 11.8. The largest absolute Gasteiger partial charge is 0.394 e. The van der Waals surface area contributed by atoms with Gasteiger partial charge in [-0.3, -0.25) is 0 Å². The van der Waals surface area contributed by atoms with E-state index in [-0.39, 0.29) is 18.7 Å². The summed E-state index contributed by atoms with van der Waals surface area (Å²) in [6, 6.07) is 7.86. The first-order valence-corrected chi connectivity index (χ1v) is 7.20. The highest BCUT2D eigenvalue weighted by Gasteiger charge is 2.13. The SMILES string of the molecule is CC(CO)N(C)C(=O)NCCCc1cccc(Br)c1. The molecule has 5 heteroatoms. The molecule has 1 unspecified atom stereocenters. The van der Waals surface area contributed by atoms with Gasteiger partial charge in [0.05, 0.1) is 12.6 Å². The molecule has 1 aromatic carbocycles. The molecule has 0 aromatic heterocycles. The lowest BCUT2D eigenvalue weighted by Gasteiger charge is -2.23. The molecule has 0 bridgehead atoms. The molecule has 0 fully saturated rings. The lowest BCUT2D eigenvalue weighted by atomic mass is 10.1. The number of urea groups is 1. The van der Waals surface area contributed by atoms with Gasteiger partial charge in [0.1, 0.15) is 0 Å². The molecule has 0 aliphatic heterocycles. The van der Waals surface area contributed by atoms with E-state index in [0.29, 0.717) is 6.54 Å². The lowest BCUT2D eigenvalue weighted by molar-refractivity contribution is 0.157. The van der Waals surface area contributed by atoms with Crippen molar-refractivity contribution in [1.29, 1.82) is 0 Å². The van der Waals surface area contributed by atoms with Gasteiger partial charge in [-0.15, -0.1) is 0 Å². The van der Waals surface area contributed by atoms with Crippen molar-refractivity contribution in [2.24, 2.45) is 0 Å². The van der Waals surface area contributed by atoms with Crippen LogP contribution in [-0.4, -0.2) is 42.3 Å². The molecule has 0 spiro atoms. The third kappa shape index (κ3) is 5.61. The van der Waals surface area contributed by atoms with Crippen molar-refractivity contribution in [2.45, 2.75) is 25.8 Å². The summed E-state index contributed by atoms with van der Waals surface area (Å²) in [5.41, 5.74) is 1.25.